The average molecular weight is 281 g/mol. The first kappa shape index (κ1) is 16.4. The average Bonchev–Trinajstić information content (AvgIpc) is 2.29. The van der Waals surface area contributed by atoms with Gasteiger partial charge in [0.25, 0.3) is 5.69 Å². The minimum absolute atomic E-state index is 0. The number of nitro benzene ring substituents is 1. The van der Waals surface area contributed by atoms with Crippen LogP contribution in [0.5, 0.6) is 11.5 Å². The Bertz CT molecular complexity index is 431. The van der Waals surface area contributed by atoms with Gasteiger partial charge in [0.05, 0.1) is 24.8 Å². The maximum Gasteiger partial charge on any atom is 0.273 e. The Balaban J connectivity index is 0.00000289. The van der Waals surface area contributed by atoms with Crippen molar-refractivity contribution in [2.75, 3.05) is 13.8 Å². The van der Waals surface area contributed by atoms with Gasteiger partial charge in [0.2, 0.25) is 0 Å². The van der Waals surface area contributed by atoms with Crippen LogP contribution in [0.3, 0.4) is 0 Å². The van der Waals surface area contributed by atoms with E-state index in [4.69, 9.17) is 10.5 Å². The van der Waals surface area contributed by atoms with Crippen molar-refractivity contribution in [3.05, 3.63) is 27.8 Å². The molecule has 0 bridgehead atoms. The number of hydrogen-bond donors (Lipinski definition) is 2. The Morgan fingerprint density at radius 3 is 2.67 bits per heavy atom. The number of benzene rings is 1. The first-order valence-corrected chi connectivity index (χ1v) is 4.88. The van der Waals surface area contributed by atoms with Gasteiger partial charge >= 0.3 is 0 Å². The van der Waals surface area contributed by atoms with E-state index < -0.39 is 17.6 Å². The van der Waals surface area contributed by atoms with Gasteiger partial charge in [-0.1, -0.05) is 0 Å². The van der Waals surface area contributed by atoms with Gasteiger partial charge in [0, 0.05) is 17.7 Å². The quantitative estimate of drug-likeness (QED) is 0.635. The van der Waals surface area contributed by atoms with E-state index in [1.54, 1.807) is 0 Å². The predicted octanol–water partition coefficient (Wildman–Crippen LogP) is 2.09. The van der Waals surface area contributed by atoms with Crippen LogP contribution in [0.15, 0.2) is 12.1 Å². The second kappa shape index (κ2) is 6.97. The molecule has 102 valence electrons. The summed E-state index contributed by atoms with van der Waals surface area (Å²) in [7, 11) is 1.27. The summed E-state index contributed by atoms with van der Waals surface area (Å²) in [6.07, 6.45) is -0.0299. The van der Waals surface area contributed by atoms with Gasteiger partial charge in [-0.2, -0.15) is 0 Å². The summed E-state index contributed by atoms with van der Waals surface area (Å²) in [5, 5.41) is 20.4. The molecule has 0 aliphatic rings. The molecule has 0 aromatic heterocycles. The molecule has 0 fully saturated rings. The van der Waals surface area contributed by atoms with E-state index in [1.165, 1.54) is 7.11 Å². The van der Waals surface area contributed by atoms with Crippen molar-refractivity contribution in [1.82, 2.24) is 0 Å². The Labute approximate surface area is 109 Å². The lowest BCUT2D eigenvalue weighted by atomic mass is 10.0. The molecule has 0 saturated carbocycles. The monoisotopic (exact) mass is 280 g/mol. The molecule has 0 amide bonds. The van der Waals surface area contributed by atoms with Gasteiger partial charge in [0.1, 0.15) is 0 Å². The zero-order chi connectivity index (χ0) is 13.0. The molecule has 0 radical (unpaired) electrons. The Kier molecular flexibility index (Phi) is 6.35. The number of methoxy groups -OCH3 is 1. The van der Waals surface area contributed by atoms with Crippen LogP contribution in [-0.4, -0.2) is 23.8 Å². The maximum absolute atomic E-state index is 12.2. The third-order valence-electron chi connectivity index (χ3n) is 2.34. The summed E-state index contributed by atoms with van der Waals surface area (Å²) >= 11 is 0. The standard InChI is InChI=1S/C10H13FN2O4.ClH/c1-17-9-5-6(13(15)16)4-7(10(9)14)8(12)2-3-11;/h4-5,8,14H,2-3,12H2,1H3;1H/t8-;/m1./s1. The normalized spacial score (nSPS) is 11.5. The molecule has 6 nitrogen and oxygen atoms in total. The summed E-state index contributed by atoms with van der Waals surface area (Å²) in [5.74, 6) is -0.345. The molecule has 3 N–H and O–H groups in total. The molecule has 0 aliphatic carbocycles. The highest BCUT2D eigenvalue weighted by atomic mass is 35.5. The summed E-state index contributed by atoms with van der Waals surface area (Å²) in [6, 6.07) is 1.40. The van der Waals surface area contributed by atoms with Gasteiger partial charge in [-0.05, 0) is 6.42 Å². The largest absolute Gasteiger partial charge is 0.504 e. The van der Waals surface area contributed by atoms with Crippen molar-refractivity contribution in [3.8, 4) is 11.5 Å². The van der Waals surface area contributed by atoms with Crippen LogP contribution in [0.1, 0.15) is 18.0 Å². The number of phenolic OH excluding ortho intramolecular Hbond substituents is 1. The van der Waals surface area contributed by atoms with E-state index in [0.717, 1.165) is 12.1 Å². The Morgan fingerprint density at radius 2 is 2.22 bits per heavy atom. The number of alkyl halides is 1. The Hall–Kier alpha value is -1.60. The molecule has 1 atom stereocenters. The number of ether oxygens (including phenoxy) is 1. The van der Waals surface area contributed by atoms with Crippen molar-refractivity contribution in [2.45, 2.75) is 12.5 Å². The molecule has 1 aromatic rings. The van der Waals surface area contributed by atoms with E-state index in [9.17, 15) is 19.6 Å². The number of nitrogens with two attached hydrogens (primary N) is 1. The minimum Gasteiger partial charge on any atom is -0.504 e. The number of halogens is 2. The number of nitrogens with zero attached hydrogens (tertiary/aromatic N) is 1. The third kappa shape index (κ3) is 3.44. The fourth-order valence-corrected chi connectivity index (χ4v) is 1.43. The number of hydrogen-bond acceptors (Lipinski definition) is 5. The fourth-order valence-electron chi connectivity index (χ4n) is 1.43. The molecule has 0 spiro atoms. The molecule has 1 aromatic carbocycles. The summed E-state index contributed by atoms with van der Waals surface area (Å²) < 4.78 is 17.0. The van der Waals surface area contributed by atoms with Gasteiger partial charge < -0.3 is 15.6 Å². The summed E-state index contributed by atoms with van der Waals surface area (Å²) in [5.41, 5.74) is 5.47. The molecule has 8 heteroatoms. The smallest absolute Gasteiger partial charge is 0.273 e. The second-order valence-corrected chi connectivity index (χ2v) is 3.43. The highest BCUT2D eigenvalue weighted by molar-refractivity contribution is 5.85. The van der Waals surface area contributed by atoms with Crippen molar-refractivity contribution < 1.29 is 19.2 Å². The lowest BCUT2D eigenvalue weighted by Crippen LogP contribution is -2.12. The van der Waals surface area contributed by atoms with E-state index >= 15 is 0 Å². The summed E-state index contributed by atoms with van der Waals surface area (Å²) in [4.78, 5) is 10.0. The maximum atomic E-state index is 12.2. The topological polar surface area (TPSA) is 98.6 Å². The van der Waals surface area contributed by atoms with Crippen molar-refractivity contribution in [2.24, 2.45) is 5.73 Å². The van der Waals surface area contributed by atoms with Crippen molar-refractivity contribution >= 4 is 18.1 Å². The van der Waals surface area contributed by atoms with Crippen molar-refractivity contribution in [3.63, 3.8) is 0 Å². The number of non-ortho nitro benzene ring substituents is 1. The number of aromatic hydroxyl groups is 1. The number of rotatable bonds is 5. The van der Waals surface area contributed by atoms with Gasteiger partial charge in [0.15, 0.2) is 11.5 Å². The van der Waals surface area contributed by atoms with E-state index in [-0.39, 0.29) is 41.6 Å². The zero-order valence-electron chi connectivity index (χ0n) is 9.63. The lowest BCUT2D eigenvalue weighted by Gasteiger charge is -2.14. The Morgan fingerprint density at radius 1 is 1.61 bits per heavy atom. The highest BCUT2D eigenvalue weighted by Crippen LogP contribution is 2.37. The fraction of sp³-hybridized carbons (Fsp3) is 0.400. The first-order valence-electron chi connectivity index (χ1n) is 4.88. The van der Waals surface area contributed by atoms with E-state index in [2.05, 4.69) is 0 Å². The molecule has 18 heavy (non-hydrogen) atoms. The van der Waals surface area contributed by atoms with Crippen LogP contribution in [0, 0.1) is 10.1 Å². The highest BCUT2D eigenvalue weighted by Gasteiger charge is 2.20. The predicted molar refractivity (Wildman–Crippen MR) is 66.1 cm³/mol. The van der Waals surface area contributed by atoms with Crippen LogP contribution in [0.25, 0.3) is 0 Å². The SMILES string of the molecule is COc1cc([N+](=O)[O-])cc([C@H](N)CCF)c1O.Cl. The van der Waals surface area contributed by atoms with Gasteiger partial charge in [-0.15, -0.1) is 12.4 Å². The van der Waals surface area contributed by atoms with Gasteiger partial charge in [-0.25, -0.2) is 0 Å². The molecule has 0 aliphatic heterocycles. The molecule has 1 rings (SSSR count). The molecular weight excluding hydrogens is 267 g/mol. The summed E-state index contributed by atoms with van der Waals surface area (Å²) in [6.45, 7) is -0.675. The molecule has 0 unspecified atom stereocenters. The van der Waals surface area contributed by atoms with Crippen LogP contribution < -0.4 is 10.5 Å². The second-order valence-electron chi connectivity index (χ2n) is 3.43. The number of phenols is 1. The van der Waals surface area contributed by atoms with Crippen LogP contribution in [0.4, 0.5) is 10.1 Å². The zero-order valence-corrected chi connectivity index (χ0v) is 10.4. The van der Waals surface area contributed by atoms with Gasteiger partial charge in [-0.3, -0.25) is 14.5 Å². The van der Waals surface area contributed by atoms with Crippen LogP contribution >= 0.6 is 12.4 Å². The third-order valence-corrected chi connectivity index (χ3v) is 2.34. The van der Waals surface area contributed by atoms with Crippen LogP contribution in [0.2, 0.25) is 0 Å². The number of nitro groups is 1. The molecule has 0 saturated heterocycles. The molecule has 0 heterocycles. The van der Waals surface area contributed by atoms with Crippen molar-refractivity contribution in [1.29, 1.82) is 0 Å². The minimum atomic E-state index is -0.811. The van der Waals surface area contributed by atoms with Crippen LogP contribution in [-0.2, 0) is 0 Å². The first-order chi connectivity index (χ1) is 8.01. The van der Waals surface area contributed by atoms with E-state index in [1.807, 2.05) is 0 Å². The van der Waals surface area contributed by atoms with E-state index in [0.29, 0.717) is 0 Å². The lowest BCUT2D eigenvalue weighted by molar-refractivity contribution is -0.385. The molecular formula is C10H14ClFN2O4.